The van der Waals surface area contributed by atoms with Gasteiger partial charge in [-0.25, -0.2) is 0 Å². The van der Waals surface area contributed by atoms with Crippen molar-refractivity contribution in [3.8, 4) is 0 Å². The third kappa shape index (κ3) is 35.1. The third-order valence-electron chi connectivity index (χ3n) is 29.8. The second-order valence-corrected chi connectivity index (χ2v) is 45.9. The van der Waals surface area contributed by atoms with Crippen LogP contribution < -0.4 is 0 Å². The van der Waals surface area contributed by atoms with Crippen molar-refractivity contribution in [2.24, 2.45) is 0 Å². The SMILES string of the molecule is Cc1cc(C)c([C@H](C)Cc2nnc(C(C)C)c(C)c2C)c(C)c1.Cc1cc(C)c([C@H](C)Cc2nnc(C(C)C)cc2C)c(C)c1.Cc1ccc([C@H](C)Cc2ccc(C(C)C)nn2)cc1.Cc1ccc([C@H](C)Cc2ccc(C(C)C)nn2)cc1.Cc1ccc([C@H](C)Cc2nnc(C(C)C)c(C)c2C)c(C)c1.Cc1ccc([C@H](C)Cc2nnc(C(C)C)c(C)c2C)c(C)c1.Cc1ccc([C@H](C)Cc2nnc(C(C)C)cc2C)c(C)c1. The van der Waals surface area contributed by atoms with Gasteiger partial charge >= 0.3 is 0 Å². The van der Waals surface area contributed by atoms with E-state index in [1.165, 1.54) is 161 Å². The van der Waals surface area contributed by atoms with Crippen molar-refractivity contribution in [1.29, 1.82) is 0 Å². The molecule has 0 radical (unpaired) electrons. The van der Waals surface area contributed by atoms with Gasteiger partial charge in [-0.3, -0.25) is 0 Å². The minimum absolute atomic E-state index is 0.425. The van der Waals surface area contributed by atoms with Gasteiger partial charge in [0.1, 0.15) is 0 Å². The van der Waals surface area contributed by atoms with E-state index in [1.54, 1.807) is 0 Å². The van der Waals surface area contributed by atoms with Gasteiger partial charge in [-0.15, -0.1) is 0 Å². The number of rotatable bonds is 28. The van der Waals surface area contributed by atoms with E-state index in [2.05, 4.69) is 533 Å². The van der Waals surface area contributed by atoms with Gasteiger partial charge in [0.15, 0.2) is 0 Å². The Kier molecular flexibility index (Phi) is 46.4. The Morgan fingerprint density at radius 1 is 0.162 bits per heavy atom. The fourth-order valence-electron chi connectivity index (χ4n) is 20.6. The maximum Gasteiger partial charge on any atom is 0.0688 e. The van der Waals surface area contributed by atoms with Crippen molar-refractivity contribution < 1.29 is 0 Å². The number of hydrogen-bond donors (Lipinski definition) is 0. The molecule has 148 heavy (non-hydrogen) atoms. The smallest absolute Gasteiger partial charge is 0.0688 e. The highest BCUT2D eigenvalue weighted by Crippen LogP contribution is 2.36. The fourth-order valence-corrected chi connectivity index (χ4v) is 20.6. The van der Waals surface area contributed by atoms with Gasteiger partial charge in [-0.05, 0) is 439 Å². The molecule has 0 amide bonds. The van der Waals surface area contributed by atoms with Gasteiger partial charge in [0.05, 0.1) is 79.7 Å². The Bertz CT molecular complexity index is 6350. The molecular weight excluding hydrogens is 1810 g/mol. The van der Waals surface area contributed by atoms with Crippen LogP contribution in [0.15, 0.2) is 164 Å². The van der Waals surface area contributed by atoms with E-state index < -0.39 is 0 Å². The zero-order chi connectivity index (χ0) is 110. The lowest BCUT2D eigenvalue weighted by Gasteiger charge is -2.20. The minimum atomic E-state index is 0.425. The minimum Gasteiger partial charge on any atom is -0.155 e. The maximum absolute atomic E-state index is 4.55. The Hall–Kier alpha value is -11.9. The molecule has 0 aliphatic heterocycles. The van der Waals surface area contributed by atoms with Gasteiger partial charge in [-0.1, -0.05) is 312 Å². The molecule has 0 saturated heterocycles. The van der Waals surface area contributed by atoms with Crippen LogP contribution in [0.3, 0.4) is 0 Å². The quantitative estimate of drug-likeness (QED) is 0.0452. The highest BCUT2D eigenvalue weighted by molar-refractivity contribution is 5.46. The monoisotopic (exact) mass is 1990 g/mol. The molecular formula is C134H184N14. The predicted octanol–water partition coefficient (Wildman–Crippen LogP) is 34.4. The van der Waals surface area contributed by atoms with Crippen molar-refractivity contribution in [3.63, 3.8) is 0 Å². The Morgan fingerprint density at radius 2 is 0.399 bits per heavy atom. The summed E-state index contributed by atoms with van der Waals surface area (Å²) in [4.78, 5) is 0. The number of hydrogen-bond acceptors (Lipinski definition) is 14. The predicted molar refractivity (Wildman–Crippen MR) is 627 cm³/mol. The summed E-state index contributed by atoms with van der Waals surface area (Å²) >= 11 is 0. The Morgan fingerprint density at radius 3 is 0.642 bits per heavy atom. The first-order valence-electron chi connectivity index (χ1n) is 54.9. The second-order valence-electron chi connectivity index (χ2n) is 45.9. The average molecular weight is 1990 g/mol. The number of nitrogens with zero attached hydrogens (tertiary/aromatic N) is 14. The number of benzene rings is 7. The van der Waals surface area contributed by atoms with Crippen LogP contribution in [0.5, 0.6) is 0 Å². The molecule has 14 rings (SSSR count). The number of aryl methyl sites for hydroxylation is 16. The summed E-state index contributed by atoms with van der Waals surface area (Å²) in [5.41, 5.74) is 54.5. The summed E-state index contributed by atoms with van der Waals surface area (Å²) in [5.74, 6) is 6.25. The summed E-state index contributed by atoms with van der Waals surface area (Å²) in [6, 6.07) is 59.5. The van der Waals surface area contributed by atoms with Crippen LogP contribution in [-0.2, 0) is 44.9 Å². The van der Waals surface area contributed by atoms with Crippen LogP contribution in [0.1, 0.15) is 469 Å². The topological polar surface area (TPSA) is 180 Å². The molecule has 790 valence electrons. The molecule has 14 nitrogen and oxygen atoms in total. The van der Waals surface area contributed by atoms with Crippen molar-refractivity contribution in [3.05, 3.63) is 405 Å². The Labute approximate surface area is 895 Å². The van der Waals surface area contributed by atoms with E-state index in [9.17, 15) is 0 Å². The van der Waals surface area contributed by atoms with E-state index in [1.807, 2.05) is 0 Å². The zero-order valence-electron chi connectivity index (χ0n) is 99.4. The fraction of sp³-hybridized carbons (Fsp3) is 0.478. The van der Waals surface area contributed by atoms with Crippen molar-refractivity contribution in [2.45, 2.75) is 426 Å². The molecule has 0 aliphatic carbocycles. The molecule has 7 aromatic carbocycles. The summed E-state index contributed by atoms with van der Waals surface area (Å²) in [7, 11) is 0. The molecule has 7 heterocycles. The molecule has 0 saturated carbocycles. The van der Waals surface area contributed by atoms with E-state index in [0.29, 0.717) is 82.9 Å². The van der Waals surface area contributed by atoms with Crippen LogP contribution in [-0.4, -0.2) is 71.4 Å². The molecule has 0 fully saturated rings. The van der Waals surface area contributed by atoms with Gasteiger partial charge in [0, 0.05) is 0 Å². The van der Waals surface area contributed by atoms with Gasteiger partial charge in [0.2, 0.25) is 0 Å². The first-order chi connectivity index (χ1) is 69.6. The summed E-state index contributed by atoms with van der Waals surface area (Å²) < 4.78 is 0. The molecule has 0 spiro atoms. The van der Waals surface area contributed by atoms with E-state index >= 15 is 0 Å². The standard InChI is InChI=1S/C21H30N2.3C20H28N2.C19H26N2.2C17H22N2/c1-12(2)21-18(8)17(7)19(22-23-21)11-16(6)20-14(4)9-13(3)10-15(20)5;1-12(2)18-10-14(4)19(22-21-18)11-17(7)20-15(5)8-13(3)9-16(20)6;2*1-12(2)20-17(7)16(6)19(21-22-20)11-15(5)18-9-8-13(3)10-14(18)4;1-12(2)18-11-16(6)19(21-20-18)10-15(5)17-8-7-13(3)9-14(17)4;2*1-12(2)17-10-9-16(18-19-17)11-14(4)15-7-5-13(3)6-8-15/h9-10,12,16H,11H2,1-8H3;8-10,12,17H,11H2,1-7H3;2*8-10,12,15H,11H2,1-7H3;7-9,11-12,15H,10H2,1-6H3;2*5-10,12,14H,11H2,1-4H3/t16-;17-;3*15-;2*14-/m1111111/s1. The maximum atomic E-state index is 4.55. The van der Waals surface area contributed by atoms with Crippen LogP contribution >= 0.6 is 0 Å². The highest BCUT2D eigenvalue weighted by atomic mass is 15.1. The first-order valence-corrected chi connectivity index (χ1v) is 54.9. The molecule has 7 atom stereocenters. The van der Waals surface area contributed by atoms with Crippen molar-refractivity contribution in [2.75, 3.05) is 0 Å². The highest BCUT2D eigenvalue weighted by Gasteiger charge is 2.25. The van der Waals surface area contributed by atoms with E-state index in [0.717, 1.165) is 125 Å². The summed E-state index contributed by atoms with van der Waals surface area (Å²) in [6.07, 6.45) is 6.61. The van der Waals surface area contributed by atoms with Crippen LogP contribution in [0, 0.1) is 152 Å². The second kappa shape index (κ2) is 56.6. The van der Waals surface area contributed by atoms with Crippen molar-refractivity contribution in [1.82, 2.24) is 71.4 Å². The normalized spacial score (nSPS) is 12.7. The molecule has 0 unspecified atom stereocenters. The van der Waals surface area contributed by atoms with E-state index in [-0.39, 0.29) is 0 Å². The van der Waals surface area contributed by atoms with Crippen LogP contribution in [0.2, 0.25) is 0 Å². The lowest BCUT2D eigenvalue weighted by atomic mass is 9.86. The van der Waals surface area contributed by atoms with Gasteiger partial charge in [0.25, 0.3) is 0 Å². The van der Waals surface area contributed by atoms with Crippen LogP contribution in [0.4, 0.5) is 0 Å². The lowest BCUT2D eigenvalue weighted by molar-refractivity contribution is 0.688. The number of aromatic nitrogens is 14. The van der Waals surface area contributed by atoms with E-state index in [4.69, 9.17) is 0 Å². The molecule has 14 heteroatoms. The first kappa shape index (κ1) is 121. The Balaban J connectivity index is 0.000000211. The zero-order valence-corrected chi connectivity index (χ0v) is 99.4. The lowest BCUT2D eigenvalue weighted by Crippen LogP contribution is -2.11. The largest absolute Gasteiger partial charge is 0.155 e. The molecule has 14 aromatic rings. The molecule has 7 aromatic heterocycles. The third-order valence-corrected chi connectivity index (χ3v) is 29.8. The van der Waals surface area contributed by atoms with Crippen LogP contribution in [0.25, 0.3) is 0 Å². The van der Waals surface area contributed by atoms with Crippen molar-refractivity contribution >= 4 is 0 Å². The average Bonchev–Trinajstić information content (AvgIpc) is 0.790. The van der Waals surface area contributed by atoms with Gasteiger partial charge in [-0.2, -0.15) is 71.4 Å². The molecule has 0 N–H and O–H groups in total. The van der Waals surface area contributed by atoms with Gasteiger partial charge < -0.3 is 0 Å². The summed E-state index contributed by atoms with van der Waals surface area (Å²) in [6.45, 7) is 93.9. The molecule has 0 aliphatic rings. The molecule has 0 bridgehead atoms. The summed E-state index contributed by atoms with van der Waals surface area (Å²) in [5, 5.41) is 62.0.